The Morgan fingerprint density at radius 3 is 2.86 bits per heavy atom. The van der Waals surface area contributed by atoms with E-state index in [1.165, 1.54) is 5.57 Å². The Morgan fingerprint density at radius 1 is 1.38 bits per heavy atom. The van der Waals surface area contributed by atoms with Crippen LogP contribution >= 0.6 is 0 Å². The molecule has 2 aliphatic rings. The number of carbonyl (C=O) groups excluding carboxylic acids is 1. The lowest BCUT2D eigenvalue weighted by Gasteiger charge is -2.36. The van der Waals surface area contributed by atoms with Crippen molar-refractivity contribution < 1.29 is 9.53 Å². The summed E-state index contributed by atoms with van der Waals surface area (Å²) in [4.78, 5) is 16.4. The first-order valence-corrected chi connectivity index (χ1v) is 10.2. The quantitative estimate of drug-likeness (QED) is 0.791. The van der Waals surface area contributed by atoms with Crippen LogP contribution in [0.4, 0.5) is 4.79 Å². The molecule has 1 aliphatic heterocycles. The first-order chi connectivity index (χ1) is 14.1. The smallest absolute Gasteiger partial charge is 0.336 e. The summed E-state index contributed by atoms with van der Waals surface area (Å²) in [5, 5.41) is 10.8. The highest BCUT2D eigenvalue weighted by Gasteiger charge is 2.35. The van der Waals surface area contributed by atoms with Gasteiger partial charge in [-0.05, 0) is 43.0 Å². The molecular formula is C22H27N5O2. The predicted octanol–water partition coefficient (Wildman–Crippen LogP) is 3.29. The van der Waals surface area contributed by atoms with Crippen LogP contribution in [-0.4, -0.2) is 53.3 Å². The van der Waals surface area contributed by atoms with Crippen molar-refractivity contribution in [3.63, 3.8) is 0 Å². The van der Waals surface area contributed by atoms with Crippen LogP contribution in [0.1, 0.15) is 37.1 Å². The average Bonchev–Trinajstić information content (AvgIpc) is 3.03. The van der Waals surface area contributed by atoms with Crippen molar-refractivity contribution in [2.75, 3.05) is 32.2 Å². The summed E-state index contributed by atoms with van der Waals surface area (Å²) >= 11 is 0. The zero-order valence-electron chi connectivity index (χ0n) is 17.2. The van der Waals surface area contributed by atoms with Gasteiger partial charge in [0, 0.05) is 38.6 Å². The van der Waals surface area contributed by atoms with Gasteiger partial charge >= 0.3 is 6.03 Å². The van der Waals surface area contributed by atoms with Gasteiger partial charge in [-0.2, -0.15) is 5.26 Å². The number of carbonyl (C=O) groups is 1. The van der Waals surface area contributed by atoms with Crippen LogP contribution in [0.15, 0.2) is 24.3 Å². The molecule has 0 saturated carbocycles. The number of hydrogen-bond acceptors (Lipinski definition) is 4. The molecule has 0 saturated heterocycles. The lowest BCUT2D eigenvalue weighted by molar-refractivity contribution is 0.177. The third-order valence-electron chi connectivity index (χ3n) is 6.05. The van der Waals surface area contributed by atoms with E-state index in [0.717, 1.165) is 47.1 Å². The molecule has 2 heterocycles. The first-order valence-electron chi connectivity index (χ1n) is 10.2. The minimum absolute atomic E-state index is 0.0387. The molecule has 1 aromatic heterocycles. The Balaban J connectivity index is 1.89. The standard InChI is InChI=1S/C22H27N5O2/c1-4-25(5-2)22(28)24-27-18-10-6-8-16-15-9-7-11-26(14-23)19(15)12-17(21(16)18)20(27)13-29-3/h6,8-10,19H,4-5,7,11-13H2,1-3H3,(H,24,28)/t19-/m1/s1. The normalized spacial score (nSPS) is 17.5. The Morgan fingerprint density at radius 2 is 2.17 bits per heavy atom. The average molecular weight is 393 g/mol. The summed E-state index contributed by atoms with van der Waals surface area (Å²) in [5.74, 6) is 0. The van der Waals surface area contributed by atoms with Crippen LogP contribution in [-0.2, 0) is 17.8 Å². The molecule has 0 spiro atoms. The van der Waals surface area contributed by atoms with Crippen LogP contribution in [0.3, 0.4) is 0 Å². The maximum atomic E-state index is 12.8. The topological polar surface area (TPSA) is 73.5 Å². The second-order valence-electron chi connectivity index (χ2n) is 7.44. The number of fused-ring (bicyclic) bond motifs is 2. The van der Waals surface area contributed by atoms with Crippen molar-refractivity contribution in [3.05, 3.63) is 41.1 Å². The molecule has 1 aliphatic carbocycles. The highest BCUT2D eigenvalue weighted by atomic mass is 16.5. The molecule has 1 atom stereocenters. The van der Waals surface area contributed by atoms with Crippen LogP contribution in [0.25, 0.3) is 16.5 Å². The molecule has 7 heteroatoms. The molecule has 0 bridgehead atoms. The van der Waals surface area contributed by atoms with Gasteiger partial charge in [0.1, 0.15) is 0 Å². The maximum absolute atomic E-state index is 12.8. The molecular weight excluding hydrogens is 366 g/mol. The van der Waals surface area contributed by atoms with Gasteiger partial charge in [0.2, 0.25) is 0 Å². The van der Waals surface area contributed by atoms with E-state index >= 15 is 0 Å². The number of nitrogens with one attached hydrogen (secondary N) is 1. The van der Waals surface area contributed by atoms with Crippen molar-refractivity contribution in [3.8, 4) is 6.19 Å². The summed E-state index contributed by atoms with van der Waals surface area (Å²) in [7, 11) is 1.66. The molecule has 7 nitrogen and oxygen atoms in total. The van der Waals surface area contributed by atoms with E-state index in [1.807, 2.05) is 35.6 Å². The number of amides is 2. The minimum Gasteiger partial charge on any atom is -0.378 e. The van der Waals surface area contributed by atoms with Crippen molar-refractivity contribution in [1.29, 1.82) is 5.26 Å². The molecule has 2 amide bonds. The molecule has 0 fully saturated rings. The van der Waals surface area contributed by atoms with Crippen LogP contribution in [0.2, 0.25) is 0 Å². The number of ether oxygens (including phenoxy) is 1. The van der Waals surface area contributed by atoms with E-state index in [4.69, 9.17) is 4.74 Å². The van der Waals surface area contributed by atoms with Gasteiger partial charge in [-0.25, -0.2) is 10.2 Å². The summed E-state index contributed by atoms with van der Waals surface area (Å²) in [6.07, 6.45) is 6.23. The number of urea groups is 1. The number of hydrogen-bond donors (Lipinski definition) is 1. The number of nitrogens with zero attached hydrogens (tertiary/aromatic N) is 4. The fraction of sp³-hybridized carbons (Fsp3) is 0.455. The molecule has 152 valence electrons. The Bertz CT molecular complexity index is 1010. The molecule has 4 rings (SSSR count). The third-order valence-corrected chi connectivity index (χ3v) is 6.05. The predicted molar refractivity (Wildman–Crippen MR) is 113 cm³/mol. The largest absolute Gasteiger partial charge is 0.378 e. The number of nitriles is 1. The number of rotatable bonds is 5. The Hall–Kier alpha value is -2.98. The Labute approximate surface area is 171 Å². The van der Waals surface area contributed by atoms with Gasteiger partial charge in [0.05, 0.1) is 23.9 Å². The van der Waals surface area contributed by atoms with Crippen LogP contribution < -0.4 is 5.43 Å². The molecule has 0 radical (unpaired) electrons. The summed E-state index contributed by atoms with van der Waals surface area (Å²) in [5.41, 5.74) is 8.52. The van der Waals surface area contributed by atoms with Crippen LogP contribution in [0.5, 0.6) is 0 Å². The maximum Gasteiger partial charge on any atom is 0.336 e. The fourth-order valence-electron chi connectivity index (χ4n) is 4.66. The molecule has 1 aromatic carbocycles. The first kappa shape index (κ1) is 19.3. The fourth-order valence-corrected chi connectivity index (χ4v) is 4.66. The lowest BCUT2D eigenvalue weighted by Crippen LogP contribution is -2.39. The van der Waals surface area contributed by atoms with E-state index in [1.54, 1.807) is 12.0 Å². The van der Waals surface area contributed by atoms with Crippen molar-refractivity contribution >= 4 is 22.5 Å². The van der Waals surface area contributed by atoms with Gasteiger partial charge in [0.25, 0.3) is 0 Å². The highest BCUT2D eigenvalue weighted by Crippen LogP contribution is 2.42. The van der Waals surface area contributed by atoms with Gasteiger partial charge < -0.3 is 14.5 Å². The van der Waals surface area contributed by atoms with E-state index in [0.29, 0.717) is 19.7 Å². The van der Waals surface area contributed by atoms with E-state index in [-0.39, 0.29) is 12.1 Å². The third kappa shape index (κ3) is 3.04. The summed E-state index contributed by atoms with van der Waals surface area (Å²) in [6, 6.07) is 6.09. The van der Waals surface area contributed by atoms with Gasteiger partial charge in [0.15, 0.2) is 6.19 Å². The van der Waals surface area contributed by atoms with Crippen molar-refractivity contribution in [2.24, 2.45) is 0 Å². The van der Waals surface area contributed by atoms with Gasteiger partial charge in [-0.3, -0.25) is 4.68 Å². The van der Waals surface area contributed by atoms with Crippen molar-refractivity contribution in [1.82, 2.24) is 14.5 Å². The van der Waals surface area contributed by atoms with E-state index < -0.39 is 0 Å². The van der Waals surface area contributed by atoms with Gasteiger partial charge in [-0.15, -0.1) is 0 Å². The second-order valence-corrected chi connectivity index (χ2v) is 7.44. The Kier molecular flexibility index (Phi) is 5.20. The molecule has 0 unspecified atom stereocenters. The zero-order valence-corrected chi connectivity index (χ0v) is 17.2. The van der Waals surface area contributed by atoms with Gasteiger partial charge in [-0.1, -0.05) is 18.2 Å². The summed E-state index contributed by atoms with van der Waals surface area (Å²) < 4.78 is 7.39. The summed E-state index contributed by atoms with van der Waals surface area (Å²) in [6.45, 7) is 6.36. The monoisotopic (exact) mass is 393 g/mol. The van der Waals surface area contributed by atoms with E-state index in [9.17, 15) is 10.1 Å². The molecule has 29 heavy (non-hydrogen) atoms. The minimum atomic E-state index is -0.129. The van der Waals surface area contributed by atoms with Crippen LogP contribution in [0, 0.1) is 11.5 Å². The van der Waals surface area contributed by atoms with E-state index in [2.05, 4.69) is 23.8 Å². The zero-order chi connectivity index (χ0) is 20.5. The lowest BCUT2D eigenvalue weighted by atomic mass is 9.81. The SMILES string of the molecule is CCN(CC)C(=O)Nn1c(COC)c2c3c(cccc31)C1=CCCN(C#N)[C@@H]1C2. The molecule has 1 N–H and O–H groups in total. The number of methoxy groups -OCH3 is 1. The highest BCUT2D eigenvalue weighted by molar-refractivity contribution is 6.00. The number of benzene rings is 1. The second kappa shape index (κ2) is 7.80. The van der Waals surface area contributed by atoms with Crippen molar-refractivity contribution in [2.45, 2.75) is 39.3 Å². The molecule has 2 aromatic rings. The number of aromatic nitrogens is 1.